The van der Waals surface area contributed by atoms with Gasteiger partial charge in [-0.1, -0.05) is 31.2 Å². The van der Waals surface area contributed by atoms with E-state index in [-0.39, 0.29) is 6.61 Å². The maximum absolute atomic E-state index is 8.94. The molecule has 0 radical (unpaired) electrons. The molecule has 0 spiro atoms. The fourth-order valence-corrected chi connectivity index (χ4v) is 1.88. The largest absolute Gasteiger partial charge is 0.396 e. The molecule has 17 heavy (non-hydrogen) atoms. The van der Waals surface area contributed by atoms with E-state index < -0.39 is 0 Å². The van der Waals surface area contributed by atoms with Crippen molar-refractivity contribution in [1.29, 1.82) is 0 Å². The van der Waals surface area contributed by atoms with Gasteiger partial charge in [0, 0.05) is 24.3 Å². The molecule has 1 heterocycles. The molecule has 0 bridgehead atoms. The van der Waals surface area contributed by atoms with Crippen molar-refractivity contribution >= 4 is 0 Å². The quantitative estimate of drug-likeness (QED) is 0.847. The molecular formula is C14H18N2O. The number of hydrogen-bond acceptors (Lipinski definition) is 2. The number of benzene rings is 1. The smallest absolute Gasteiger partial charge is 0.137 e. The van der Waals surface area contributed by atoms with Crippen LogP contribution in [-0.4, -0.2) is 21.7 Å². The topological polar surface area (TPSA) is 48.9 Å². The maximum Gasteiger partial charge on any atom is 0.137 e. The first-order valence-corrected chi connectivity index (χ1v) is 6.00. The normalized spacial score (nSPS) is 10.8. The van der Waals surface area contributed by atoms with Crippen molar-refractivity contribution in [2.45, 2.75) is 26.7 Å². The zero-order valence-corrected chi connectivity index (χ0v) is 10.3. The molecule has 0 aliphatic heterocycles. The van der Waals surface area contributed by atoms with E-state index in [0.717, 1.165) is 29.2 Å². The summed E-state index contributed by atoms with van der Waals surface area (Å²) < 4.78 is 0. The molecule has 2 rings (SSSR count). The van der Waals surface area contributed by atoms with Gasteiger partial charge in [-0.2, -0.15) is 0 Å². The highest BCUT2D eigenvalue weighted by Crippen LogP contribution is 2.19. The molecule has 0 saturated heterocycles. The number of aliphatic hydroxyl groups is 1. The van der Waals surface area contributed by atoms with Crippen LogP contribution in [0.2, 0.25) is 0 Å². The molecule has 0 unspecified atom stereocenters. The molecule has 0 amide bonds. The lowest BCUT2D eigenvalue weighted by Gasteiger charge is -1.99. The van der Waals surface area contributed by atoms with Crippen molar-refractivity contribution in [1.82, 2.24) is 9.97 Å². The van der Waals surface area contributed by atoms with Crippen molar-refractivity contribution in [3.63, 3.8) is 0 Å². The van der Waals surface area contributed by atoms with Crippen LogP contribution < -0.4 is 0 Å². The molecule has 2 aromatic rings. The van der Waals surface area contributed by atoms with E-state index in [1.165, 1.54) is 5.56 Å². The third-order valence-corrected chi connectivity index (χ3v) is 2.97. The van der Waals surface area contributed by atoms with Crippen molar-refractivity contribution < 1.29 is 5.11 Å². The summed E-state index contributed by atoms with van der Waals surface area (Å²) in [5, 5.41) is 8.94. The summed E-state index contributed by atoms with van der Waals surface area (Å²) >= 11 is 0. The van der Waals surface area contributed by atoms with E-state index >= 15 is 0 Å². The van der Waals surface area contributed by atoms with Gasteiger partial charge in [0.15, 0.2) is 0 Å². The van der Waals surface area contributed by atoms with E-state index in [0.29, 0.717) is 6.42 Å². The highest BCUT2D eigenvalue weighted by atomic mass is 16.3. The molecule has 0 atom stereocenters. The van der Waals surface area contributed by atoms with Gasteiger partial charge in [-0.25, -0.2) is 4.98 Å². The van der Waals surface area contributed by atoms with Crippen LogP contribution in [0, 0.1) is 6.92 Å². The Hall–Kier alpha value is -1.61. The summed E-state index contributed by atoms with van der Waals surface area (Å²) in [6.45, 7) is 4.27. The summed E-state index contributed by atoms with van der Waals surface area (Å²) in [4.78, 5) is 7.77. The molecule has 0 aliphatic rings. The van der Waals surface area contributed by atoms with Gasteiger partial charge in [0.05, 0.1) is 5.69 Å². The van der Waals surface area contributed by atoms with Crippen LogP contribution in [-0.2, 0) is 12.8 Å². The minimum atomic E-state index is 0.139. The van der Waals surface area contributed by atoms with Gasteiger partial charge in [0.1, 0.15) is 5.82 Å². The molecule has 2 N–H and O–H groups in total. The zero-order valence-electron chi connectivity index (χ0n) is 10.3. The van der Waals surface area contributed by atoms with Crippen LogP contribution in [0.3, 0.4) is 0 Å². The van der Waals surface area contributed by atoms with Gasteiger partial charge >= 0.3 is 0 Å². The van der Waals surface area contributed by atoms with Crippen molar-refractivity contribution in [3.05, 3.63) is 41.2 Å². The van der Waals surface area contributed by atoms with Crippen molar-refractivity contribution in [3.8, 4) is 11.4 Å². The lowest BCUT2D eigenvalue weighted by molar-refractivity contribution is 0.298. The van der Waals surface area contributed by atoms with Crippen LogP contribution in [0.15, 0.2) is 24.3 Å². The number of aryl methyl sites for hydroxylation is 2. The van der Waals surface area contributed by atoms with Gasteiger partial charge in [-0.05, 0) is 18.9 Å². The second-order valence-electron chi connectivity index (χ2n) is 4.18. The van der Waals surface area contributed by atoms with Gasteiger partial charge in [0.2, 0.25) is 0 Å². The number of nitrogens with zero attached hydrogens (tertiary/aromatic N) is 1. The number of nitrogens with one attached hydrogen (secondary N) is 1. The number of aliphatic hydroxyl groups excluding tert-OH is 1. The number of imidazole rings is 1. The van der Waals surface area contributed by atoms with Crippen LogP contribution >= 0.6 is 0 Å². The first kappa shape index (κ1) is 11.9. The number of H-pyrrole nitrogens is 1. The molecule has 1 aromatic carbocycles. The Morgan fingerprint density at radius 1 is 1.24 bits per heavy atom. The van der Waals surface area contributed by atoms with E-state index in [1.807, 2.05) is 6.92 Å². The van der Waals surface area contributed by atoms with Crippen LogP contribution in [0.1, 0.15) is 23.9 Å². The summed E-state index contributed by atoms with van der Waals surface area (Å²) in [6.07, 6.45) is 1.66. The maximum atomic E-state index is 8.94. The minimum Gasteiger partial charge on any atom is -0.396 e. The Bertz CT molecular complexity index is 485. The SMILES string of the molecule is CCc1ccc(-c2nc(CCO)c(C)[nH]2)cc1. The summed E-state index contributed by atoms with van der Waals surface area (Å²) in [6, 6.07) is 8.41. The Morgan fingerprint density at radius 3 is 2.53 bits per heavy atom. The van der Waals surface area contributed by atoms with E-state index in [2.05, 4.69) is 41.2 Å². The Balaban J connectivity index is 2.29. The molecule has 3 nitrogen and oxygen atoms in total. The minimum absolute atomic E-state index is 0.139. The van der Waals surface area contributed by atoms with Crippen molar-refractivity contribution in [2.75, 3.05) is 6.61 Å². The predicted octanol–water partition coefficient (Wildman–Crippen LogP) is 2.48. The average molecular weight is 230 g/mol. The molecular weight excluding hydrogens is 212 g/mol. The lowest BCUT2D eigenvalue weighted by atomic mass is 10.1. The molecule has 90 valence electrons. The molecule has 3 heteroatoms. The lowest BCUT2D eigenvalue weighted by Crippen LogP contribution is -1.92. The summed E-state index contributed by atoms with van der Waals surface area (Å²) in [5.41, 5.74) is 4.40. The average Bonchev–Trinajstić information content (AvgIpc) is 2.72. The highest BCUT2D eigenvalue weighted by molar-refractivity contribution is 5.56. The zero-order chi connectivity index (χ0) is 12.3. The van der Waals surface area contributed by atoms with E-state index in [1.54, 1.807) is 0 Å². The number of rotatable bonds is 4. The molecule has 1 aromatic heterocycles. The van der Waals surface area contributed by atoms with Gasteiger partial charge < -0.3 is 10.1 Å². The van der Waals surface area contributed by atoms with Crippen LogP contribution in [0.25, 0.3) is 11.4 Å². The second kappa shape index (κ2) is 5.15. The fourth-order valence-electron chi connectivity index (χ4n) is 1.88. The predicted molar refractivity (Wildman–Crippen MR) is 68.9 cm³/mol. The monoisotopic (exact) mass is 230 g/mol. The molecule has 0 fully saturated rings. The standard InChI is InChI=1S/C14H18N2O/c1-3-11-4-6-12(7-5-11)14-15-10(2)13(16-14)8-9-17/h4-7,17H,3,8-9H2,1-2H3,(H,15,16). The Kier molecular flexibility index (Phi) is 3.59. The first-order valence-electron chi connectivity index (χ1n) is 6.00. The molecule has 0 saturated carbocycles. The van der Waals surface area contributed by atoms with Gasteiger partial charge in [-0.15, -0.1) is 0 Å². The number of hydrogen-bond donors (Lipinski definition) is 2. The Morgan fingerprint density at radius 2 is 1.94 bits per heavy atom. The second-order valence-corrected chi connectivity index (χ2v) is 4.18. The highest BCUT2D eigenvalue weighted by Gasteiger charge is 2.07. The van der Waals surface area contributed by atoms with E-state index in [4.69, 9.17) is 5.11 Å². The van der Waals surface area contributed by atoms with Gasteiger partial charge in [-0.3, -0.25) is 0 Å². The summed E-state index contributed by atoms with van der Waals surface area (Å²) in [5.74, 6) is 0.883. The first-order chi connectivity index (χ1) is 8.24. The van der Waals surface area contributed by atoms with Gasteiger partial charge in [0.25, 0.3) is 0 Å². The number of aromatic nitrogens is 2. The fraction of sp³-hybridized carbons (Fsp3) is 0.357. The Labute approximate surface area is 102 Å². The van der Waals surface area contributed by atoms with Crippen LogP contribution in [0.4, 0.5) is 0 Å². The third kappa shape index (κ3) is 2.56. The van der Waals surface area contributed by atoms with Crippen LogP contribution in [0.5, 0.6) is 0 Å². The van der Waals surface area contributed by atoms with Crippen molar-refractivity contribution in [2.24, 2.45) is 0 Å². The number of aromatic amines is 1. The molecule has 0 aliphatic carbocycles. The summed E-state index contributed by atoms with van der Waals surface area (Å²) in [7, 11) is 0. The third-order valence-electron chi connectivity index (χ3n) is 2.97. The van der Waals surface area contributed by atoms with E-state index in [9.17, 15) is 0 Å².